The van der Waals surface area contributed by atoms with Gasteiger partial charge in [0.1, 0.15) is 11.5 Å². The zero-order chi connectivity index (χ0) is 39.7. The first kappa shape index (κ1) is 50.2. The average molecular weight is 764 g/mol. The van der Waals surface area contributed by atoms with Crippen molar-refractivity contribution in [1.82, 2.24) is 4.90 Å². The molecule has 0 atom stereocenters. The number of carbonyl (C=O) groups excluding carboxylic acids is 1. The molecule has 5 heteroatoms. The molecular weight excluding hydrogens is 679 g/mol. The zero-order valence-electron chi connectivity index (χ0n) is 36.4. The van der Waals surface area contributed by atoms with Crippen molar-refractivity contribution < 1.29 is 19.0 Å². The van der Waals surface area contributed by atoms with Crippen LogP contribution in [0.4, 0.5) is 0 Å². The summed E-state index contributed by atoms with van der Waals surface area (Å²) in [6.07, 6.45) is 50.5. The van der Waals surface area contributed by atoms with Crippen LogP contribution in [0.3, 0.4) is 0 Å². The summed E-state index contributed by atoms with van der Waals surface area (Å²) in [6.45, 7) is 7.12. The second-order valence-corrected chi connectivity index (χ2v) is 15.6. The quantitative estimate of drug-likeness (QED) is 0.0380. The normalized spacial score (nSPS) is 12.0. The average Bonchev–Trinajstić information content (AvgIpc) is 3.18. The maximum absolute atomic E-state index is 12.0. The first-order valence-corrected chi connectivity index (χ1v) is 22.8. The van der Waals surface area contributed by atoms with Crippen molar-refractivity contribution in [2.75, 3.05) is 40.5 Å². The van der Waals surface area contributed by atoms with Crippen LogP contribution in [-0.2, 0) is 16.0 Å². The molecule has 1 rings (SSSR count). The summed E-state index contributed by atoms with van der Waals surface area (Å²) in [7, 11) is 3.94. The molecule has 0 radical (unpaired) electrons. The summed E-state index contributed by atoms with van der Waals surface area (Å²) in [5.74, 6) is 1.64. The van der Waals surface area contributed by atoms with Gasteiger partial charge in [0.2, 0.25) is 0 Å². The van der Waals surface area contributed by atoms with Gasteiger partial charge < -0.3 is 19.1 Å². The molecule has 314 valence electrons. The number of hydrogen-bond acceptors (Lipinski definition) is 5. The van der Waals surface area contributed by atoms with E-state index in [0.29, 0.717) is 19.6 Å². The predicted molar refractivity (Wildman–Crippen MR) is 239 cm³/mol. The predicted octanol–water partition coefficient (Wildman–Crippen LogP) is 14.5. The molecule has 1 aromatic carbocycles. The number of unbranched alkanes of at least 4 members (excludes halogenated alkanes) is 18. The minimum absolute atomic E-state index is 0.128. The molecule has 0 heterocycles. The molecule has 5 nitrogen and oxygen atoms in total. The largest absolute Gasteiger partial charge is 0.493 e. The van der Waals surface area contributed by atoms with E-state index >= 15 is 0 Å². The van der Waals surface area contributed by atoms with Gasteiger partial charge in [0.25, 0.3) is 0 Å². The van der Waals surface area contributed by atoms with Crippen molar-refractivity contribution in [3.05, 3.63) is 72.4 Å². The number of rotatable bonds is 39. The number of esters is 1. The second kappa shape index (κ2) is 39.4. The molecule has 0 fully saturated rings. The third-order valence-corrected chi connectivity index (χ3v) is 9.80. The molecule has 0 unspecified atom stereocenters. The summed E-state index contributed by atoms with van der Waals surface area (Å²) in [6, 6.07) is 6.32. The van der Waals surface area contributed by atoms with Gasteiger partial charge >= 0.3 is 5.97 Å². The third kappa shape index (κ3) is 35.4. The fraction of sp³-hybridized carbons (Fsp3) is 0.700. The number of hydrogen-bond donors (Lipinski definition) is 0. The minimum atomic E-state index is -0.128. The number of carbonyl (C=O) groups is 1. The van der Waals surface area contributed by atoms with Gasteiger partial charge in [-0.15, -0.1) is 0 Å². The lowest BCUT2D eigenvalue weighted by atomic mass is 10.1. The van der Waals surface area contributed by atoms with E-state index in [9.17, 15) is 4.79 Å². The van der Waals surface area contributed by atoms with E-state index in [4.69, 9.17) is 14.2 Å². The van der Waals surface area contributed by atoms with Gasteiger partial charge in [-0.2, -0.15) is 0 Å². The summed E-state index contributed by atoms with van der Waals surface area (Å²) < 4.78 is 18.0. The van der Waals surface area contributed by atoms with Crippen LogP contribution in [-0.4, -0.2) is 51.3 Å². The van der Waals surface area contributed by atoms with E-state index in [2.05, 4.69) is 80.7 Å². The van der Waals surface area contributed by atoms with Crippen LogP contribution in [0, 0.1) is 0 Å². The highest BCUT2D eigenvalue weighted by Crippen LogP contribution is 2.25. The molecular formula is C50H85NO4. The molecule has 0 saturated carbocycles. The van der Waals surface area contributed by atoms with Crippen molar-refractivity contribution in [1.29, 1.82) is 0 Å². The summed E-state index contributed by atoms with van der Waals surface area (Å²) >= 11 is 0. The Labute approximate surface area is 340 Å². The van der Waals surface area contributed by atoms with Gasteiger partial charge in [-0.05, 0) is 122 Å². The van der Waals surface area contributed by atoms with Crippen molar-refractivity contribution in [3.63, 3.8) is 0 Å². The van der Waals surface area contributed by atoms with Gasteiger partial charge in [-0.1, -0.05) is 140 Å². The highest BCUT2D eigenvalue weighted by molar-refractivity contribution is 5.69. The van der Waals surface area contributed by atoms with E-state index < -0.39 is 0 Å². The van der Waals surface area contributed by atoms with Crippen LogP contribution in [0.5, 0.6) is 11.5 Å². The summed E-state index contributed by atoms with van der Waals surface area (Å²) in [5, 5.41) is 0. The summed E-state index contributed by atoms with van der Waals surface area (Å²) in [4.78, 5) is 14.0. The standard InChI is InChI=1S/C50H85NO4/c1-5-7-9-11-13-15-17-19-21-23-25-27-29-31-33-35-41-53-48-44-47(38-37-43-55-50(52)39-40-51(3)4)45-49(46-48)54-42-36-34-32-30-28-26-24-22-20-18-16-14-12-10-8-6-2/h13-16,19-22,44-46H,5-12,17-18,23-43H2,1-4H3/b15-13-,16-14-,21-19-,22-20-. The molecule has 0 N–H and O–H groups in total. The Hall–Kier alpha value is -2.79. The van der Waals surface area contributed by atoms with Crippen LogP contribution in [0.15, 0.2) is 66.8 Å². The van der Waals surface area contributed by atoms with Gasteiger partial charge in [0, 0.05) is 12.6 Å². The van der Waals surface area contributed by atoms with E-state index in [-0.39, 0.29) is 5.97 Å². The first-order valence-electron chi connectivity index (χ1n) is 22.8. The molecule has 0 aliphatic carbocycles. The molecule has 1 aromatic rings. The van der Waals surface area contributed by atoms with Gasteiger partial charge in [-0.25, -0.2) is 0 Å². The van der Waals surface area contributed by atoms with E-state index in [0.717, 1.165) is 63.2 Å². The number of aryl methyl sites for hydroxylation is 1. The van der Waals surface area contributed by atoms with E-state index in [1.54, 1.807) is 0 Å². The summed E-state index contributed by atoms with van der Waals surface area (Å²) in [5.41, 5.74) is 1.17. The van der Waals surface area contributed by atoms with Crippen LogP contribution < -0.4 is 9.47 Å². The zero-order valence-corrected chi connectivity index (χ0v) is 36.4. The Balaban J connectivity index is 2.33. The smallest absolute Gasteiger partial charge is 0.307 e. The Morgan fingerprint density at radius 3 is 1.36 bits per heavy atom. The topological polar surface area (TPSA) is 48.0 Å². The maximum Gasteiger partial charge on any atom is 0.307 e. The molecule has 0 aliphatic heterocycles. The third-order valence-electron chi connectivity index (χ3n) is 9.80. The fourth-order valence-corrected chi connectivity index (χ4v) is 6.35. The lowest BCUT2D eigenvalue weighted by Gasteiger charge is -2.13. The lowest BCUT2D eigenvalue weighted by Crippen LogP contribution is -2.18. The number of ether oxygens (including phenoxy) is 3. The Bertz CT molecular complexity index is 1050. The molecule has 0 bridgehead atoms. The van der Waals surface area contributed by atoms with Crippen molar-refractivity contribution in [2.24, 2.45) is 0 Å². The highest BCUT2D eigenvalue weighted by atomic mass is 16.5. The molecule has 0 spiro atoms. The molecule has 0 aromatic heterocycles. The van der Waals surface area contributed by atoms with Gasteiger partial charge in [-0.3, -0.25) is 4.79 Å². The van der Waals surface area contributed by atoms with Gasteiger partial charge in [0.05, 0.1) is 26.2 Å². The van der Waals surface area contributed by atoms with Crippen LogP contribution >= 0.6 is 0 Å². The van der Waals surface area contributed by atoms with Crippen LogP contribution in [0.25, 0.3) is 0 Å². The molecule has 0 saturated heterocycles. The van der Waals surface area contributed by atoms with E-state index in [1.165, 1.54) is 134 Å². The fourth-order valence-electron chi connectivity index (χ4n) is 6.35. The Kier molecular flexibility index (Phi) is 36.0. The molecule has 0 aliphatic rings. The monoisotopic (exact) mass is 764 g/mol. The molecule has 0 amide bonds. The number of benzene rings is 1. The minimum Gasteiger partial charge on any atom is -0.493 e. The molecule has 55 heavy (non-hydrogen) atoms. The number of allylic oxidation sites excluding steroid dienone is 8. The van der Waals surface area contributed by atoms with Crippen molar-refractivity contribution in [3.8, 4) is 11.5 Å². The van der Waals surface area contributed by atoms with Crippen molar-refractivity contribution >= 4 is 5.97 Å². The van der Waals surface area contributed by atoms with Gasteiger partial charge in [0.15, 0.2) is 0 Å². The lowest BCUT2D eigenvalue weighted by molar-refractivity contribution is -0.144. The van der Waals surface area contributed by atoms with Crippen LogP contribution in [0.2, 0.25) is 0 Å². The maximum atomic E-state index is 12.0. The Morgan fingerprint density at radius 2 is 0.927 bits per heavy atom. The number of nitrogens with zero attached hydrogens (tertiary/aromatic N) is 1. The second-order valence-electron chi connectivity index (χ2n) is 15.6. The SMILES string of the molecule is CCCCC/C=C\C/C=C\CCCCCCCCOc1cc(CCCOC(=O)CCN(C)C)cc(OCCCCCCCC/C=C\C/C=C\CCCCC)c1. The Morgan fingerprint density at radius 1 is 0.509 bits per heavy atom. The van der Waals surface area contributed by atoms with Crippen LogP contribution in [0.1, 0.15) is 186 Å². The first-order chi connectivity index (χ1) is 27.0. The highest BCUT2D eigenvalue weighted by Gasteiger charge is 2.07. The van der Waals surface area contributed by atoms with E-state index in [1.807, 2.05) is 19.0 Å². The van der Waals surface area contributed by atoms with Crippen molar-refractivity contribution in [2.45, 2.75) is 187 Å².